The van der Waals surface area contributed by atoms with E-state index in [9.17, 15) is 18.0 Å². The third kappa shape index (κ3) is 4.78. The van der Waals surface area contributed by atoms with Crippen LogP contribution in [0.1, 0.15) is 47.3 Å². The summed E-state index contributed by atoms with van der Waals surface area (Å²) in [5, 5.41) is 2.92. The first-order valence-corrected chi connectivity index (χ1v) is 11.1. The summed E-state index contributed by atoms with van der Waals surface area (Å²) in [6.07, 6.45) is 2.68. The average molecular weight is 401 g/mol. The lowest BCUT2D eigenvalue weighted by atomic mass is 10.1. The fourth-order valence-electron chi connectivity index (χ4n) is 3.22. The van der Waals surface area contributed by atoms with E-state index in [-0.39, 0.29) is 22.8 Å². The largest absolute Gasteiger partial charge is 0.346 e. The molecule has 2 amide bonds. The Morgan fingerprint density at radius 3 is 2.29 bits per heavy atom. The number of carbonyl (C=O) groups excluding carboxylic acids is 2. The van der Waals surface area contributed by atoms with Crippen molar-refractivity contribution in [2.75, 3.05) is 12.8 Å². The maximum absolute atomic E-state index is 12.5. The van der Waals surface area contributed by atoms with Crippen molar-refractivity contribution in [2.45, 2.75) is 37.2 Å². The van der Waals surface area contributed by atoms with Gasteiger partial charge in [-0.05, 0) is 48.7 Å². The van der Waals surface area contributed by atoms with Gasteiger partial charge in [0, 0.05) is 31.3 Å². The second kappa shape index (κ2) is 8.14. The van der Waals surface area contributed by atoms with Crippen molar-refractivity contribution >= 4 is 21.7 Å². The van der Waals surface area contributed by atoms with E-state index in [4.69, 9.17) is 0 Å². The molecule has 1 aliphatic heterocycles. The van der Waals surface area contributed by atoms with Crippen LogP contribution in [0.3, 0.4) is 0 Å². The number of likely N-dealkylation sites (tertiary alicyclic amines) is 1. The van der Waals surface area contributed by atoms with Crippen molar-refractivity contribution in [1.82, 2.24) is 10.2 Å². The second-order valence-corrected chi connectivity index (χ2v) is 9.17. The van der Waals surface area contributed by atoms with Gasteiger partial charge < -0.3 is 10.2 Å². The first kappa shape index (κ1) is 20.1. The molecule has 1 saturated heterocycles. The van der Waals surface area contributed by atoms with Crippen LogP contribution in [0.25, 0.3) is 0 Å². The molecule has 1 atom stereocenters. The van der Waals surface area contributed by atoms with Crippen molar-refractivity contribution < 1.29 is 18.0 Å². The van der Waals surface area contributed by atoms with Gasteiger partial charge >= 0.3 is 0 Å². The van der Waals surface area contributed by atoms with Crippen molar-refractivity contribution in [1.29, 1.82) is 0 Å². The number of benzene rings is 2. The molecule has 28 heavy (non-hydrogen) atoms. The highest BCUT2D eigenvalue weighted by Gasteiger charge is 2.20. The summed E-state index contributed by atoms with van der Waals surface area (Å²) in [5.74, 6) is -0.0268. The molecule has 0 unspecified atom stereocenters. The van der Waals surface area contributed by atoms with Crippen LogP contribution in [0.15, 0.2) is 53.4 Å². The van der Waals surface area contributed by atoms with Crippen LogP contribution in [-0.4, -0.2) is 37.9 Å². The highest BCUT2D eigenvalue weighted by molar-refractivity contribution is 7.90. The molecule has 0 bridgehead atoms. The van der Waals surface area contributed by atoms with Gasteiger partial charge in [0.1, 0.15) is 0 Å². The summed E-state index contributed by atoms with van der Waals surface area (Å²) < 4.78 is 23.1. The Morgan fingerprint density at radius 1 is 1.11 bits per heavy atom. The molecule has 7 heteroatoms. The molecular formula is C21H24N2O4S. The van der Waals surface area contributed by atoms with E-state index in [0.717, 1.165) is 30.3 Å². The van der Waals surface area contributed by atoms with Crippen molar-refractivity contribution in [3.63, 3.8) is 0 Å². The first-order chi connectivity index (χ1) is 13.2. The fourth-order valence-corrected chi connectivity index (χ4v) is 3.85. The number of sulfone groups is 1. The van der Waals surface area contributed by atoms with Crippen LogP contribution in [0.5, 0.6) is 0 Å². The summed E-state index contributed by atoms with van der Waals surface area (Å²) in [7, 11) is -3.24. The quantitative estimate of drug-likeness (QED) is 0.808. The van der Waals surface area contributed by atoms with E-state index in [2.05, 4.69) is 5.32 Å². The van der Waals surface area contributed by atoms with Gasteiger partial charge in [-0.15, -0.1) is 0 Å². The van der Waals surface area contributed by atoms with E-state index >= 15 is 0 Å². The maximum atomic E-state index is 12.5. The minimum Gasteiger partial charge on any atom is -0.346 e. The molecule has 148 valence electrons. The zero-order valence-corrected chi connectivity index (χ0v) is 16.8. The van der Waals surface area contributed by atoms with Crippen LogP contribution in [-0.2, 0) is 21.2 Å². The number of rotatable bonds is 6. The van der Waals surface area contributed by atoms with Crippen molar-refractivity contribution in [3.8, 4) is 0 Å². The lowest BCUT2D eigenvalue weighted by Crippen LogP contribution is -2.27. The molecule has 0 spiro atoms. The van der Waals surface area contributed by atoms with Gasteiger partial charge in [0.25, 0.3) is 5.91 Å². The van der Waals surface area contributed by atoms with E-state index in [1.165, 1.54) is 0 Å². The molecule has 1 fully saturated rings. The van der Waals surface area contributed by atoms with Gasteiger partial charge in [0.2, 0.25) is 5.91 Å². The Kier molecular flexibility index (Phi) is 5.84. The Hall–Kier alpha value is -2.67. The van der Waals surface area contributed by atoms with E-state index in [1.807, 2.05) is 24.0 Å². The normalized spacial score (nSPS) is 15.5. The topological polar surface area (TPSA) is 83.6 Å². The zero-order chi connectivity index (χ0) is 20.3. The molecule has 2 aromatic carbocycles. The molecular weight excluding hydrogens is 376 g/mol. The average Bonchev–Trinajstić information content (AvgIpc) is 3.06. The van der Waals surface area contributed by atoms with Gasteiger partial charge in [-0.3, -0.25) is 9.59 Å². The SMILES string of the molecule is C[C@@H](NC(=O)c1ccc(CN2CCCC2=O)cc1)c1ccc(S(C)(=O)=O)cc1. The summed E-state index contributed by atoms with van der Waals surface area (Å²) >= 11 is 0. The molecule has 1 aliphatic rings. The number of hydrogen-bond donors (Lipinski definition) is 1. The van der Waals surface area contributed by atoms with Crippen LogP contribution in [0, 0.1) is 0 Å². The number of hydrogen-bond acceptors (Lipinski definition) is 4. The van der Waals surface area contributed by atoms with Crippen molar-refractivity contribution in [2.24, 2.45) is 0 Å². The first-order valence-electron chi connectivity index (χ1n) is 9.21. The molecule has 1 N–H and O–H groups in total. The molecule has 0 aliphatic carbocycles. The Labute approximate surface area is 165 Å². The molecule has 3 rings (SSSR count). The third-order valence-corrected chi connectivity index (χ3v) is 6.05. The molecule has 0 aromatic heterocycles. The predicted octanol–water partition coefficient (Wildman–Crippen LogP) is 2.70. The molecule has 6 nitrogen and oxygen atoms in total. The minimum absolute atomic E-state index is 0.178. The van der Waals surface area contributed by atoms with Crippen molar-refractivity contribution in [3.05, 3.63) is 65.2 Å². The van der Waals surface area contributed by atoms with E-state index in [1.54, 1.807) is 36.4 Å². The number of amides is 2. The number of carbonyl (C=O) groups is 2. The van der Waals surface area contributed by atoms with E-state index in [0.29, 0.717) is 18.5 Å². The standard InChI is InChI=1S/C21H24N2O4S/c1-15(17-9-11-19(12-10-17)28(2,26)27)22-21(25)18-7-5-16(6-8-18)14-23-13-3-4-20(23)24/h5-12,15H,3-4,13-14H2,1-2H3,(H,22,25)/t15-/m1/s1. The Bertz CT molecular complexity index is 966. The molecule has 2 aromatic rings. The van der Waals surface area contributed by atoms with Crippen LogP contribution in [0.4, 0.5) is 0 Å². The predicted molar refractivity (Wildman–Crippen MR) is 107 cm³/mol. The lowest BCUT2D eigenvalue weighted by Gasteiger charge is -2.17. The highest BCUT2D eigenvalue weighted by atomic mass is 32.2. The smallest absolute Gasteiger partial charge is 0.251 e. The molecule has 0 saturated carbocycles. The minimum atomic E-state index is -3.24. The second-order valence-electron chi connectivity index (χ2n) is 7.15. The summed E-state index contributed by atoms with van der Waals surface area (Å²) in [6.45, 7) is 3.21. The summed E-state index contributed by atoms with van der Waals surface area (Å²) in [6, 6.07) is 13.5. The molecule has 1 heterocycles. The highest BCUT2D eigenvalue weighted by Crippen LogP contribution is 2.18. The zero-order valence-electron chi connectivity index (χ0n) is 16.0. The Balaban J connectivity index is 1.61. The monoisotopic (exact) mass is 400 g/mol. The van der Waals surface area contributed by atoms with Crippen LogP contribution < -0.4 is 5.32 Å². The number of nitrogens with one attached hydrogen (secondary N) is 1. The molecule has 0 radical (unpaired) electrons. The maximum Gasteiger partial charge on any atom is 0.251 e. The van der Waals surface area contributed by atoms with Gasteiger partial charge in [0.15, 0.2) is 9.84 Å². The lowest BCUT2D eigenvalue weighted by molar-refractivity contribution is -0.128. The Morgan fingerprint density at radius 2 is 1.75 bits per heavy atom. The third-order valence-electron chi connectivity index (χ3n) is 4.92. The summed E-state index contributed by atoms with van der Waals surface area (Å²) in [4.78, 5) is 26.3. The van der Waals surface area contributed by atoms with E-state index < -0.39 is 9.84 Å². The van der Waals surface area contributed by atoms with Gasteiger partial charge in [-0.2, -0.15) is 0 Å². The van der Waals surface area contributed by atoms with Crippen LogP contribution in [0.2, 0.25) is 0 Å². The van der Waals surface area contributed by atoms with Gasteiger partial charge in [0.05, 0.1) is 10.9 Å². The number of nitrogens with zero attached hydrogens (tertiary/aromatic N) is 1. The fraction of sp³-hybridized carbons (Fsp3) is 0.333. The summed E-state index contributed by atoms with van der Waals surface area (Å²) in [5.41, 5.74) is 2.36. The van der Waals surface area contributed by atoms with Gasteiger partial charge in [-0.1, -0.05) is 24.3 Å². The van der Waals surface area contributed by atoms with Gasteiger partial charge in [-0.25, -0.2) is 8.42 Å². The van der Waals surface area contributed by atoms with Crippen LogP contribution >= 0.6 is 0 Å².